The number of nitrogens with one attached hydrogen (secondary N) is 1. The van der Waals surface area contributed by atoms with Crippen LogP contribution in [0.4, 0.5) is 5.69 Å². The highest BCUT2D eigenvalue weighted by Gasteiger charge is 2.10. The van der Waals surface area contributed by atoms with Crippen LogP contribution in [0.3, 0.4) is 0 Å². The molecule has 0 fully saturated rings. The molecular weight excluding hydrogens is 324 g/mol. The van der Waals surface area contributed by atoms with E-state index >= 15 is 0 Å². The van der Waals surface area contributed by atoms with Gasteiger partial charge < -0.3 is 4.98 Å². The van der Waals surface area contributed by atoms with Gasteiger partial charge in [-0.2, -0.15) is 0 Å². The normalized spacial score (nSPS) is 12.1. The van der Waals surface area contributed by atoms with Crippen molar-refractivity contribution < 1.29 is 4.92 Å². The number of H-pyrrole nitrogens is 1. The molecule has 25 heavy (non-hydrogen) atoms. The van der Waals surface area contributed by atoms with Crippen molar-refractivity contribution in [2.24, 2.45) is 0 Å². The summed E-state index contributed by atoms with van der Waals surface area (Å²) in [5, 5.41) is 11.2. The van der Waals surface area contributed by atoms with Crippen LogP contribution in [0, 0.1) is 10.1 Å². The molecule has 122 valence electrons. The minimum atomic E-state index is -0.517. The fourth-order valence-corrected chi connectivity index (χ4v) is 2.66. The van der Waals surface area contributed by atoms with Gasteiger partial charge in [-0.05, 0) is 35.9 Å². The molecule has 0 aliphatic heterocycles. The zero-order valence-corrected chi connectivity index (χ0v) is 12.7. The third kappa shape index (κ3) is 2.36. The predicted molar refractivity (Wildman–Crippen MR) is 91.5 cm³/mol. The molecule has 0 unspecified atom stereocenters. The molecule has 2 aromatic heterocycles. The lowest BCUT2D eigenvalue weighted by molar-refractivity contribution is -0.384. The maximum Gasteiger partial charge on any atom is 0.284 e. The fraction of sp³-hybridized carbons (Fsp3) is 0. The number of aromatic nitrogens is 3. The lowest BCUT2D eigenvalue weighted by Crippen LogP contribution is -2.31. The molecule has 2 heterocycles. The highest BCUT2D eigenvalue weighted by Crippen LogP contribution is 2.12. The van der Waals surface area contributed by atoms with E-state index in [1.54, 1.807) is 24.3 Å². The second kappa shape index (κ2) is 5.38. The van der Waals surface area contributed by atoms with Gasteiger partial charge in [-0.3, -0.25) is 19.7 Å². The van der Waals surface area contributed by atoms with E-state index in [0.29, 0.717) is 16.5 Å². The van der Waals surface area contributed by atoms with E-state index in [0.717, 1.165) is 4.40 Å². The van der Waals surface area contributed by atoms with Crippen LogP contribution < -0.4 is 16.5 Å². The Hall–Kier alpha value is -3.81. The van der Waals surface area contributed by atoms with Gasteiger partial charge in [-0.15, -0.1) is 0 Å². The summed E-state index contributed by atoms with van der Waals surface area (Å²) in [6.07, 6.45) is 1.52. The molecule has 1 N–H and O–H groups in total. The second-order valence-corrected chi connectivity index (χ2v) is 5.43. The lowest BCUT2D eigenvalue weighted by Gasteiger charge is -1.96. The minimum absolute atomic E-state index is 0.0414. The molecule has 2 aromatic carbocycles. The van der Waals surface area contributed by atoms with E-state index in [9.17, 15) is 19.7 Å². The molecule has 0 aliphatic rings. The van der Waals surface area contributed by atoms with Gasteiger partial charge in [0.05, 0.1) is 15.8 Å². The Kier molecular flexibility index (Phi) is 3.17. The van der Waals surface area contributed by atoms with E-state index in [2.05, 4.69) is 9.97 Å². The smallest absolute Gasteiger partial charge is 0.284 e. The Bertz CT molecular complexity index is 1300. The van der Waals surface area contributed by atoms with Crippen molar-refractivity contribution in [1.82, 2.24) is 14.4 Å². The molecule has 0 bridgehead atoms. The summed E-state index contributed by atoms with van der Waals surface area (Å²) in [7, 11) is 0. The molecule has 0 atom stereocenters. The Morgan fingerprint density at radius 3 is 2.48 bits per heavy atom. The number of benzene rings is 2. The SMILES string of the molecule is O=c1/c(=C/c2ccc([N+](=O)[O-])cc2)[nH]c2nc3ccccc3c(=O)n12. The molecule has 8 nitrogen and oxygen atoms in total. The lowest BCUT2D eigenvalue weighted by atomic mass is 10.2. The third-order valence-electron chi connectivity index (χ3n) is 3.87. The largest absolute Gasteiger partial charge is 0.320 e. The Morgan fingerprint density at radius 1 is 1.04 bits per heavy atom. The van der Waals surface area contributed by atoms with Crippen LogP contribution in [0.15, 0.2) is 58.1 Å². The molecule has 4 rings (SSSR count). The zero-order valence-electron chi connectivity index (χ0n) is 12.7. The summed E-state index contributed by atoms with van der Waals surface area (Å²) < 4.78 is 0.986. The van der Waals surface area contributed by atoms with Gasteiger partial charge in [0.1, 0.15) is 5.35 Å². The standard InChI is InChI=1S/C17H10N4O4/c22-15-12-3-1-2-4-13(12)18-17-19-14(16(23)20(15)17)9-10-5-7-11(8-6-10)21(24)25/h1-9H,(H,18,19)/b14-9-. The molecule has 4 aromatic rings. The maximum atomic E-state index is 12.5. The Morgan fingerprint density at radius 2 is 1.76 bits per heavy atom. The number of fused-ring (bicyclic) bond motifs is 2. The molecule has 0 amide bonds. The average molecular weight is 334 g/mol. The fourth-order valence-electron chi connectivity index (χ4n) is 2.66. The first-order chi connectivity index (χ1) is 12.0. The first kappa shape index (κ1) is 14.8. The number of imidazole rings is 1. The topological polar surface area (TPSA) is 110 Å². The average Bonchev–Trinajstić information content (AvgIpc) is 2.91. The summed E-state index contributed by atoms with van der Waals surface area (Å²) in [6.45, 7) is 0. The second-order valence-electron chi connectivity index (χ2n) is 5.43. The molecule has 0 saturated carbocycles. The van der Waals surface area contributed by atoms with Crippen molar-refractivity contribution in [3.05, 3.63) is 90.3 Å². The molecule has 0 spiro atoms. The van der Waals surface area contributed by atoms with Crippen molar-refractivity contribution in [2.75, 3.05) is 0 Å². The van der Waals surface area contributed by atoms with Gasteiger partial charge >= 0.3 is 0 Å². The third-order valence-corrected chi connectivity index (χ3v) is 3.87. The van der Waals surface area contributed by atoms with Crippen LogP contribution in [0.1, 0.15) is 5.56 Å². The van der Waals surface area contributed by atoms with Crippen molar-refractivity contribution in [3.63, 3.8) is 0 Å². The number of nitro benzene ring substituents is 1. The summed E-state index contributed by atoms with van der Waals surface area (Å²) in [6, 6.07) is 12.5. The number of nitro groups is 1. The quantitative estimate of drug-likeness (QED) is 0.434. The van der Waals surface area contributed by atoms with Gasteiger partial charge in [0.2, 0.25) is 5.78 Å². The summed E-state index contributed by atoms with van der Waals surface area (Å²) in [5.74, 6) is 0.155. The number of rotatable bonds is 2. The van der Waals surface area contributed by atoms with Crippen LogP contribution in [-0.4, -0.2) is 19.3 Å². The van der Waals surface area contributed by atoms with Gasteiger partial charge in [0.15, 0.2) is 0 Å². The summed E-state index contributed by atoms with van der Waals surface area (Å²) in [4.78, 5) is 42.4. The number of aromatic amines is 1. The Labute approximate surface area is 138 Å². The molecule has 0 saturated heterocycles. The summed E-state index contributed by atoms with van der Waals surface area (Å²) >= 11 is 0. The van der Waals surface area contributed by atoms with E-state index < -0.39 is 16.0 Å². The van der Waals surface area contributed by atoms with Crippen LogP contribution in [0.25, 0.3) is 22.8 Å². The Balaban J connectivity index is 1.96. The van der Waals surface area contributed by atoms with E-state index in [4.69, 9.17) is 0 Å². The monoisotopic (exact) mass is 334 g/mol. The highest BCUT2D eigenvalue weighted by atomic mass is 16.6. The highest BCUT2D eigenvalue weighted by molar-refractivity contribution is 5.78. The van der Waals surface area contributed by atoms with Crippen molar-refractivity contribution >= 4 is 28.4 Å². The number of hydrogen-bond donors (Lipinski definition) is 1. The molecule has 8 heteroatoms. The van der Waals surface area contributed by atoms with Gasteiger partial charge in [0, 0.05) is 12.1 Å². The number of nitrogens with zero attached hydrogens (tertiary/aromatic N) is 3. The van der Waals surface area contributed by atoms with Gasteiger partial charge in [-0.1, -0.05) is 12.1 Å². The van der Waals surface area contributed by atoms with Crippen LogP contribution in [0.2, 0.25) is 0 Å². The predicted octanol–water partition coefficient (Wildman–Crippen LogP) is 0.992. The van der Waals surface area contributed by atoms with Crippen LogP contribution >= 0.6 is 0 Å². The van der Waals surface area contributed by atoms with Gasteiger partial charge in [0.25, 0.3) is 16.8 Å². The van der Waals surface area contributed by atoms with E-state index in [-0.39, 0.29) is 16.8 Å². The van der Waals surface area contributed by atoms with Crippen molar-refractivity contribution in [2.45, 2.75) is 0 Å². The molecular formula is C17H10N4O4. The first-order valence-corrected chi connectivity index (χ1v) is 7.34. The molecule has 0 aliphatic carbocycles. The minimum Gasteiger partial charge on any atom is -0.320 e. The van der Waals surface area contributed by atoms with E-state index in [1.165, 1.54) is 30.3 Å². The van der Waals surface area contributed by atoms with E-state index in [1.807, 2.05) is 0 Å². The van der Waals surface area contributed by atoms with Crippen molar-refractivity contribution in [1.29, 1.82) is 0 Å². The van der Waals surface area contributed by atoms with Gasteiger partial charge in [-0.25, -0.2) is 9.38 Å². The maximum absolute atomic E-state index is 12.5. The number of hydrogen-bond acceptors (Lipinski definition) is 5. The summed E-state index contributed by atoms with van der Waals surface area (Å²) in [5.41, 5.74) is 0.0876. The van der Waals surface area contributed by atoms with Crippen LogP contribution in [0.5, 0.6) is 0 Å². The number of para-hydroxylation sites is 1. The molecule has 0 radical (unpaired) electrons. The zero-order chi connectivity index (χ0) is 17.6. The van der Waals surface area contributed by atoms with Crippen molar-refractivity contribution in [3.8, 4) is 0 Å². The first-order valence-electron chi connectivity index (χ1n) is 7.34. The van der Waals surface area contributed by atoms with Crippen LogP contribution in [-0.2, 0) is 0 Å². The number of non-ortho nitro benzene ring substituents is 1.